The summed E-state index contributed by atoms with van der Waals surface area (Å²) >= 11 is 13.4. The Bertz CT molecular complexity index is 1730. The van der Waals surface area contributed by atoms with Crippen molar-refractivity contribution in [1.29, 1.82) is 0 Å². The van der Waals surface area contributed by atoms with Gasteiger partial charge in [0.05, 0.1) is 37.1 Å². The molecule has 3 aromatic heterocycles. The zero-order chi connectivity index (χ0) is 27.7. The quantitative estimate of drug-likeness (QED) is 0.216. The van der Waals surface area contributed by atoms with E-state index in [1.165, 1.54) is 27.4 Å². The van der Waals surface area contributed by atoms with Crippen molar-refractivity contribution >= 4 is 63.1 Å². The molecule has 0 bridgehead atoms. The summed E-state index contributed by atoms with van der Waals surface area (Å²) in [5, 5.41) is 7.24. The molecule has 0 aliphatic carbocycles. The molecule has 2 N–H and O–H groups in total. The molecule has 1 amide bonds. The van der Waals surface area contributed by atoms with Crippen molar-refractivity contribution in [2.75, 3.05) is 32.0 Å². The number of nitrogens with one attached hydrogen (secondary N) is 2. The maximum atomic E-state index is 12.0. The van der Waals surface area contributed by atoms with Crippen molar-refractivity contribution in [3.05, 3.63) is 71.6 Å². The van der Waals surface area contributed by atoms with Crippen molar-refractivity contribution in [1.82, 2.24) is 19.4 Å². The van der Waals surface area contributed by atoms with Crippen LogP contribution >= 0.6 is 23.2 Å². The van der Waals surface area contributed by atoms with E-state index in [0.717, 1.165) is 0 Å². The molecule has 5 rings (SSSR count). The topological polar surface area (TPSA) is 112 Å². The first kappa shape index (κ1) is 26.1. The average Bonchev–Trinajstić information content (AvgIpc) is 3.45. The molecule has 0 aliphatic rings. The molecule has 10 nitrogen and oxygen atoms in total. The summed E-state index contributed by atoms with van der Waals surface area (Å²) in [7, 11) is 4.56. The third kappa shape index (κ3) is 4.64. The molecular formula is C27H22Cl2N6O4. The van der Waals surface area contributed by atoms with Gasteiger partial charge in [0.25, 0.3) is 0 Å². The predicted octanol–water partition coefficient (Wildman–Crippen LogP) is 6.15. The number of carbonyl (C=O) groups excluding carboxylic acids is 1. The van der Waals surface area contributed by atoms with Crippen LogP contribution in [0.15, 0.2) is 61.6 Å². The molecule has 0 aliphatic heterocycles. The van der Waals surface area contributed by atoms with Crippen LogP contribution in [0.1, 0.15) is 0 Å². The molecule has 39 heavy (non-hydrogen) atoms. The average molecular weight is 565 g/mol. The third-order valence-corrected chi connectivity index (χ3v) is 6.73. The lowest BCUT2D eigenvalue weighted by Crippen LogP contribution is -2.10. The number of ether oxygens (including phenoxy) is 3. The van der Waals surface area contributed by atoms with Crippen LogP contribution in [0, 0.1) is 0 Å². The maximum absolute atomic E-state index is 12.0. The van der Waals surface area contributed by atoms with Crippen LogP contribution in [0.2, 0.25) is 10.0 Å². The second kappa shape index (κ2) is 10.7. The number of amides is 1. The van der Waals surface area contributed by atoms with Crippen LogP contribution in [-0.2, 0) is 4.79 Å². The standard InChI is InChI=1S/C27H22Cl2N6O4/c1-5-20(36)32-16-7-6-8-17(37-2)24(16)33-27-31-13-14-11-15(26-30-9-10-35(26)25(14)34-27)21-22(28)18(38-3)12-19(39-4)23(21)29/h5-13H,1H2,2-4H3,(H,32,36)(H,31,33,34). The fraction of sp³-hybridized carbons (Fsp3) is 0.111. The Morgan fingerprint density at radius 3 is 2.38 bits per heavy atom. The van der Waals surface area contributed by atoms with Crippen LogP contribution in [-0.4, -0.2) is 46.6 Å². The smallest absolute Gasteiger partial charge is 0.247 e. The minimum absolute atomic E-state index is 0.267. The van der Waals surface area contributed by atoms with Gasteiger partial charge in [0.1, 0.15) is 28.6 Å². The van der Waals surface area contributed by atoms with Gasteiger partial charge in [-0.3, -0.25) is 9.20 Å². The van der Waals surface area contributed by atoms with Crippen molar-refractivity contribution in [2.24, 2.45) is 0 Å². The molecule has 12 heteroatoms. The second-order valence-corrected chi connectivity index (χ2v) is 8.89. The normalized spacial score (nSPS) is 10.9. The van der Waals surface area contributed by atoms with Gasteiger partial charge in [-0.1, -0.05) is 35.8 Å². The van der Waals surface area contributed by atoms with Gasteiger partial charge in [-0.25, -0.2) is 9.97 Å². The van der Waals surface area contributed by atoms with E-state index in [-0.39, 0.29) is 11.9 Å². The van der Waals surface area contributed by atoms with Crippen LogP contribution < -0.4 is 24.8 Å². The van der Waals surface area contributed by atoms with Crippen molar-refractivity contribution in [2.45, 2.75) is 0 Å². The molecule has 198 valence electrons. The van der Waals surface area contributed by atoms with Gasteiger partial charge in [0.2, 0.25) is 11.9 Å². The van der Waals surface area contributed by atoms with Crippen LogP contribution in [0.25, 0.3) is 27.8 Å². The number of para-hydroxylation sites is 1. The molecule has 0 spiro atoms. The highest BCUT2D eigenvalue weighted by atomic mass is 35.5. The highest BCUT2D eigenvalue weighted by Crippen LogP contribution is 2.47. The summed E-state index contributed by atoms with van der Waals surface area (Å²) in [6.07, 6.45) is 6.26. The Morgan fingerprint density at radius 2 is 1.72 bits per heavy atom. The van der Waals surface area contributed by atoms with E-state index >= 15 is 0 Å². The first-order valence-corrected chi connectivity index (χ1v) is 12.3. The van der Waals surface area contributed by atoms with Crippen molar-refractivity contribution in [3.8, 4) is 28.4 Å². The van der Waals surface area contributed by atoms with Gasteiger partial charge in [-0.05, 0) is 24.3 Å². The van der Waals surface area contributed by atoms with Crippen molar-refractivity contribution < 1.29 is 19.0 Å². The number of hydrogen-bond donors (Lipinski definition) is 2. The monoisotopic (exact) mass is 564 g/mol. The number of anilines is 3. The van der Waals surface area contributed by atoms with E-state index in [2.05, 4.69) is 27.2 Å². The first-order valence-electron chi connectivity index (χ1n) is 11.5. The molecule has 0 saturated heterocycles. The SMILES string of the molecule is C=CC(=O)Nc1cccc(OC)c1Nc1ncc2cc(-c3c(Cl)c(OC)cc(OC)c3Cl)c3nccn3c2n1. The Hall–Kier alpha value is -4.54. The summed E-state index contributed by atoms with van der Waals surface area (Å²) in [4.78, 5) is 25.7. The molecule has 5 aromatic rings. The molecule has 3 heterocycles. The number of hydrogen-bond acceptors (Lipinski definition) is 8. The number of aromatic nitrogens is 4. The highest BCUT2D eigenvalue weighted by molar-refractivity contribution is 6.41. The molecule has 0 atom stereocenters. The van der Waals surface area contributed by atoms with Gasteiger partial charge in [-0.15, -0.1) is 0 Å². The van der Waals surface area contributed by atoms with E-state index in [1.807, 2.05) is 6.07 Å². The number of pyridine rings is 1. The van der Waals surface area contributed by atoms with Crippen molar-refractivity contribution in [3.63, 3.8) is 0 Å². The van der Waals surface area contributed by atoms with E-state index in [9.17, 15) is 4.79 Å². The molecule has 2 aromatic carbocycles. The molecular weight excluding hydrogens is 543 g/mol. The van der Waals surface area contributed by atoms with E-state index in [1.54, 1.807) is 47.3 Å². The number of benzene rings is 2. The van der Waals surface area contributed by atoms with E-state index in [4.69, 9.17) is 42.4 Å². The molecule has 0 radical (unpaired) electrons. The third-order valence-electron chi connectivity index (χ3n) is 5.97. The summed E-state index contributed by atoms with van der Waals surface area (Å²) in [5.41, 5.74) is 3.23. The predicted molar refractivity (Wildman–Crippen MR) is 152 cm³/mol. The molecule has 0 saturated carbocycles. The summed E-state index contributed by atoms with van der Waals surface area (Å²) in [5.74, 6) is 1.20. The van der Waals surface area contributed by atoms with Crippen LogP contribution in [0.5, 0.6) is 17.2 Å². The molecule has 0 fully saturated rings. The minimum atomic E-state index is -0.370. The highest BCUT2D eigenvalue weighted by Gasteiger charge is 2.23. The van der Waals surface area contributed by atoms with Crippen LogP contribution in [0.4, 0.5) is 17.3 Å². The Balaban J connectivity index is 1.66. The second-order valence-electron chi connectivity index (χ2n) is 8.14. The van der Waals surface area contributed by atoms with E-state index in [0.29, 0.717) is 66.5 Å². The van der Waals surface area contributed by atoms with Gasteiger partial charge >= 0.3 is 0 Å². The first-order chi connectivity index (χ1) is 18.9. The lowest BCUT2D eigenvalue weighted by molar-refractivity contribution is -0.111. The summed E-state index contributed by atoms with van der Waals surface area (Å²) in [6, 6.07) is 8.71. The molecule has 0 unspecified atom stereocenters. The number of rotatable bonds is 8. The van der Waals surface area contributed by atoms with Gasteiger partial charge in [0.15, 0.2) is 5.65 Å². The minimum Gasteiger partial charge on any atom is -0.495 e. The summed E-state index contributed by atoms with van der Waals surface area (Å²) in [6.45, 7) is 3.50. The fourth-order valence-electron chi connectivity index (χ4n) is 4.17. The van der Waals surface area contributed by atoms with Gasteiger partial charge in [0, 0.05) is 41.2 Å². The fourth-order valence-corrected chi connectivity index (χ4v) is 4.87. The largest absolute Gasteiger partial charge is 0.495 e. The van der Waals surface area contributed by atoms with E-state index < -0.39 is 0 Å². The number of imidazole rings is 1. The lowest BCUT2D eigenvalue weighted by Gasteiger charge is -2.17. The zero-order valence-electron chi connectivity index (χ0n) is 21.1. The number of nitrogens with zero attached hydrogens (tertiary/aromatic N) is 4. The zero-order valence-corrected chi connectivity index (χ0v) is 22.6. The lowest BCUT2D eigenvalue weighted by atomic mass is 10.0. The maximum Gasteiger partial charge on any atom is 0.247 e. The Kier molecular flexibility index (Phi) is 7.14. The van der Waals surface area contributed by atoms with Crippen LogP contribution in [0.3, 0.4) is 0 Å². The summed E-state index contributed by atoms with van der Waals surface area (Å²) < 4.78 is 18.2. The number of carbonyl (C=O) groups is 1. The number of fused-ring (bicyclic) bond motifs is 3. The van der Waals surface area contributed by atoms with Gasteiger partial charge in [-0.2, -0.15) is 4.98 Å². The number of halogens is 2. The Morgan fingerprint density at radius 1 is 1.00 bits per heavy atom. The van der Waals surface area contributed by atoms with Gasteiger partial charge < -0.3 is 24.8 Å². The Labute approximate surface area is 233 Å². The number of methoxy groups -OCH3 is 3.